The Hall–Kier alpha value is -2.76. The quantitative estimate of drug-likeness (QED) is 0.655. The van der Waals surface area contributed by atoms with Gasteiger partial charge in [-0.1, -0.05) is 13.8 Å². The van der Waals surface area contributed by atoms with Crippen molar-refractivity contribution in [1.82, 2.24) is 9.88 Å². The van der Waals surface area contributed by atoms with E-state index in [2.05, 4.69) is 61.9 Å². The minimum Gasteiger partial charge on any atom is -0.483 e. The largest absolute Gasteiger partial charge is 0.483 e. The molecule has 6 nitrogen and oxygen atoms in total. The molecule has 8 rings (SSSR count). The standard InChI is InChI=1S/C27H31N3O3/c1-24(2)11-9-16-18(33-24)8-7-15-17-13-27-19(25(3,4)21(17)28-20(15)16)14-26(22(29-27)32-5)10-6-12-30(26)23(27)31/h7-9,11,19,28H,6,10,12-14H2,1-5H3/t19-,26+,27+/m1/s1. The topological polar surface area (TPSA) is 66.9 Å². The van der Waals surface area contributed by atoms with Crippen molar-refractivity contribution in [3.63, 3.8) is 0 Å². The lowest BCUT2D eigenvalue weighted by Crippen LogP contribution is -2.75. The Kier molecular flexibility index (Phi) is 3.37. The van der Waals surface area contributed by atoms with Crippen LogP contribution in [0.15, 0.2) is 23.2 Å². The number of hydrogen-bond acceptors (Lipinski definition) is 4. The number of amides is 1. The van der Waals surface area contributed by atoms with E-state index < -0.39 is 5.54 Å². The zero-order valence-corrected chi connectivity index (χ0v) is 20.0. The van der Waals surface area contributed by atoms with Gasteiger partial charge >= 0.3 is 0 Å². The van der Waals surface area contributed by atoms with Gasteiger partial charge in [0.15, 0.2) is 5.54 Å². The second-order valence-electron chi connectivity index (χ2n) is 11.7. The SMILES string of the molecule is COC1=N[C@@]23Cc4c([nH]c5c6c(ccc45)OC(C)(C)C=C6)C(C)(C)[C@H]2C[C@@]12CCCN2C3=O. The highest BCUT2D eigenvalue weighted by atomic mass is 16.5. The van der Waals surface area contributed by atoms with E-state index in [4.69, 9.17) is 14.5 Å². The molecule has 172 valence electrons. The molecule has 1 amide bonds. The van der Waals surface area contributed by atoms with Crippen molar-refractivity contribution in [3.8, 4) is 5.75 Å². The lowest BCUT2D eigenvalue weighted by Gasteiger charge is -2.61. The number of aromatic nitrogens is 1. The zero-order valence-electron chi connectivity index (χ0n) is 20.0. The Balaban J connectivity index is 1.47. The molecule has 0 radical (unpaired) electrons. The monoisotopic (exact) mass is 445 g/mol. The highest BCUT2D eigenvalue weighted by Gasteiger charge is 2.71. The normalized spacial score (nSPS) is 34.3. The van der Waals surface area contributed by atoms with Gasteiger partial charge in [-0.3, -0.25) is 4.79 Å². The van der Waals surface area contributed by atoms with E-state index in [0.29, 0.717) is 6.42 Å². The molecule has 2 fully saturated rings. The average molecular weight is 446 g/mol. The van der Waals surface area contributed by atoms with Crippen LogP contribution >= 0.6 is 0 Å². The molecule has 1 aliphatic carbocycles. The predicted molar refractivity (Wildman–Crippen MR) is 128 cm³/mol. The Morgan fingerprint density at radius 3 is 2.85 bits per heavy atom. The number of benzene rings is 1. The van der Waals surface area contributed by atoms with Gasteiger partial charge < -0.3 is 19.4 Å². The fourth-order valence-electron chi connectivity index (χ4n) is 7.68. The maximum absolute atomic E-state index is 14.1. The number of fused-ring (bicyclic) bond motifs is 5. The highest BCUT2D eigenvalue weighted by molar-refractivity contribution is 6.05. The Morgan fingerprint density at radius 2 is 2.06 bits per heavy atom. The van der Waals surface area contributed by atoms with E-state index >= 15 is 0 Å². The van der Waals surface area contributed by atoms with E-state index in [9.17, 15) is 4.79 Å². The number of hydrogen-bond donors (Lipinski definition) is 1. The van der Waals surface area contributed by atoms with Crippen LogP contribution in [0.5, 0.6) is 5.75 Å². The number of carbonyl (C=O) groups is 1. The molecule has 33 heavy (non-hydrogen) atoms. The van der Waals surface area contributed by atoms with Gasteiger partial charge in [0.05, 0.1) is 12.6 Å². The van der Waals surface area contributed by atoms with Gasteiger partial charge in [0.2, 0.25) is 5.90 Å². The van der Waals surface area contributed by atoms with Crippen LogP contribution in [0.1, 0.15) is 63.8 Å². The molecule has 1 aromatic carbocycles. The minimum absolute atomic E-state index is 0.132. The number of H-pyrrole nitrogens is 1. The van der Waals surface area contributed by atoms with Crippen LogP contribution in [0.3, 0.4) is 0 Å². The van der Waals surface area contributed by atoms with Crippen molar-refractivity contribution in [2.45, 2.75) is 75.5 Å². The summed E-state index contributed by atoms with van der Waals surface area (Å²) in [5.41, 5.74) is 2.97. The number of carbonyl (C=O) groups excluding carboxylic acids is 1. The van der Waals surface area contributed by atoms with E-state index in [-0.39, 0.29) is 28.4 Å². The number of rotatable bonds is 0. The summed E-state index contributed by atoms with van der Waals surface area (Å²) >= 11 is 0. The molecule has 0 saturated carbocycles. The lowest BCUT2D eigenvalue weighted by molar-refractivity contribution is -0.154. The van der Waals surface area contributed by atoms with Gasteiger partial charge in [-0.2, -0.15) is 0 Å². The molecule has 5 aliphatic heterocycles. The van der Waals surface area contributed by atoms with E-state index in [0.717, 1.165) is 48.5 Å². The van der Waals surface area contributed by atoms with Crippen molar-refractivity contribution < 1.29 is 14.3 Å². The third-order valence-electron chi connectivity index (χ3n) is 9.18. The third kappa shape index (κ3) is 2.12. The molecule has 2 saturated heterocycles. The van der Waals surface area contributed by atoms with Gasteiger partial charge in [0, 0.05) is 40.9 Å². The van der Waals surface area contributed by atoms with Gasteiger partial charge in [0.25, 0.3) is 5.91 Å². The molecule has 1 N–H and O–H groups in total. The molecule has 1 aromatic heterocycles. The summed E-state index contributed by atoms with van der Waals surface area (Å²) in [5.74, 6) is 2.00. The summed E-state index contributed by atoms with van der Waals surface area (Å²) in [5, 5.41) is 1.17. The fourth-order valence-corrected chi connectivity index (χ4v) is 7.68. The minimum atomic E-state index is -0.784. The second kappa shape index (κ2) is 5.65. The first kappa shape index (κ1) is 19.7. The first-order valence-electron chi connectivity index (χ1n) is 12.2. The molecular weight excluding hydrogens is 414 g/mol. The molecule has 2 aromatic rings. The van der Waals surface area contributed by atoms with Crippen molar-refractivity contribution in [2.24, 2.45) is 10.9 Å². The first-order valence-corrected chi connectivity index (χ1v) is 12.2. The number of piperidine rings is 1. The van der Waals surface area contributed by atoms with Crippen LogP contribution in [0.25, 0.3) is 17.0 Å². The van der Waals surface area contributed by atoms with Gasteiger partial charge in [0.1, 0.15) is 16.9 Å². The Labute approximate surface area is 194 Å². The number of aliphatic imine (C=N–C) groups is 1. The summed E-state index contributed by atoms with van der Waals surface area (Å²) in [7, 11) is 1.71. The number of aromatic amines is 1. The summed E-state index contributed by atoms with van der Waals surface area (Å²) in [6.45, 7) is 9.54. The molecule has 2 spiro atoms. The van der Waals surface area contributed by atoms with Crippen molar-refractivity contribution in [3.05, 3.63) is 35.0 Å². The predicted octanol–water partition coefficient (Wildman–Crippen LogP) is 4.36. The fraction of sp³-hybridized carbons (Fsp3) is 0.556. The average Bonchev–Trinajstić information content (AvgIpc) is 3.36. The molecule has 6 aliphatic rings. The first-order chi connectivity index (χ1) is 15.6. The van der Waals surface area contributed by atoms with Gasteiger partial charge in [-0.25, -0.2) is 4.99 Å². The van der Waals surface area contributed by atoms with Crippen LogP contribution < -0.4 is 4.74 Å². The molecule has 6 heteroatoms. The number of ether oxygens (including phenoxy) is 2. The van der Waals surface area contributed by atoms with Crippen molar-refractivity contribution >= 4 is 28.8 Å². The van der Waals surface area contributed by atoms with Crippen LogP contribution in [0, 0.1) is 5.92 Å². The maximum atomic E-state index is 14.1. The maximum Gasteiger partial charge on any atom is 0.252 e. The lowest BCUT2D eigenvalue weighted by atomic mass is 9.52. The number of nitrogens with zero attached hydrogens (tertiary/aromatic N) is 2. The number of methoxy groups -OCH3 is 1. The second-order valence-corrected chi connectivity index (χ2v) is 11.7. The van der Waals surface area contributed by atoms with Crippen LogP contribution in [-0.2, 0) is 21.4 Å². The smallest absolute Gasteiger partial charge is 0.252 e. The Bertz CT molecular complexity index is 1320. The van der Waals surface area contributed by atoms with E-state index in [1.165, 1.54) is 16.6 Å². The summed E-state index contributed by atoms with van der Waals surface area (Å²) < 4.78 is 12.1. The van der Waals surface area contributed by atoms with E-state index in [1.807, 2.05) is 0 Å². The summed E-state index contributed by atoms with van der Waals surface area (Å²) in [4.78, 5) is 25.2. The summed E-state index contributed by atoms with van der Waals surface area (Å²) in [6.07, 6.45) is 7.78. The van der Waals surface area contributed by atoms with Crippen LogP contribution in [0.4, 0.5) is 0 Å². The molecule has 0 unspecified atom stereocenters. The van der Waals surface area contributed by atoms with Crippen LogP contribution in [-0.4, -0.2) is 52.0 Å². The third-order valence-corrected chi connectivity index (χ3v) is 9.18. The molecule has 2 bridgehead atoms. The highest BCUT2D eigenvalue weighted by Crippen LogP contribution is 2.61. The molecule has 6 heterocycles. The van der Waals surface area contributed by atoms with Gasteiger partial charge in [-0.15, -0.1) is 0 Å². The molecular formula is C27H31N3O3. The van der Waals surface area contributed by atoms with Crippen molar-refractivity contribution in [1.29, 1.82) is 0 Å². The van der Waals surface area contributed by atoms with Crippen LogP contribution in [0.2, 0.25) is 0 Å². The Morgan fingerprint density at radius 1 is 1.24 bits per heavy atom. The zero-order chi connectivity index (χ0) is 23.0. The molecule has 3 atom stereocenters. The van der Waals surface area contributed by atoms with E-state index in [1.54, 1.807) is 7.11 Å². The van der Waals surface area contributed by atoms with Gasteiger partial charge in [-0.05, 0) is 63.0 Å². The van der Waals surface area contributed by atoms with Crippen molar-refractivity contribution in [2.75, 3.05) is 13.7 Å². The summed E-state index contributed by atoms with van der Waals surface area (Å²) in [6, 6.07) is 4.23. The number of nitrogens with one attached hydrogen (secondary N) is 1.